The van der Waals surface area contributed by atoms with Crippen LogP contribution in [0.15, 0.2) is 0 Å². The summed E-state index contributed by atoms with van der Waals surface area (Å²) >= 11 is 0. The fourth-order valence-corrected chi connectivity index (χ4v) is 2.31. The first-order valence-corrected chi connectivity index (χ1v) is 10.1. The molecule has 0 bridgehead atoms. The summed E-state index contributed by atoms with van der Waals surface area (Å²) in [6, 6.07) is 0. The summed E-state index contributed by atoms with van der Waals surface area (Å²) in [6.45, 7) is 10.8. The zero-order valence-electron chi connectivity index (χ0n) is 16.7. The second kappa shape index (κ2) is 19.7. The van der Waals surface area contributed by atoms with E-state index >= 15 is 0 Å². The maximum Gasteiger partial charge on any atom is 0.305 e. The highest BCUT2D eigenvalue weighted by atomic mass is 16.5. The van der Waals surface area contributed by atoms with Gasteiger partial charge in [-0.05, 0) is 25.2 Å². The van der Waals surface area contributed by atoms with Crippen molar-refractivity contribution < 1.29 is 23.7 Å². The SMILES string of the molecule is CCCCOC(=O)CCCOCCOCCOCC(CC)CCCC. The molecule has 5 nitrogen and oxygen atoms in total. The van der Waals surface area contributed by atoms with Crippen molar-refractivity contribution in [1.29, 1.82) is 0 Å². The zero-order valence-corrected chi connectivity index (χ0v) is 16.7. The van der Waals surface area contributed by atoms with Crippen molar-refractivity contribution in [1.82, 2.24) is 0 Å². The summed E-state index contributed by atoms with van der Waals surface area (Å²) < 4.78 is 21.7. The number of hydrogen-bond acceptors (Lipinski definition) is 5. The molecule has 0 saturated heterocycles. The van der Waals surface area contributed by atoms with Crippen LogP contribution in [0.3, 0.4) is 0 Å². The van der Waals surface area contributed by atoms with E-state index in [1.54, 1.807) is 0 Å². The summed E-state index contributed by atoms with van der Waals surface area (Å²) in [4.78, 5) is 11.4. The molecule has 0 heterocycles. The van der Waals surface area contributed by atoms with E-state index in [1.165, 1.54) is 25.7 Å². The van der Waals surface area contributed by atoms with Gasteiger partial charge in [0.2, 0.25) is 0 Å². The number of carbonyl (C=O) groups is 1. The van der Waals surface area contributed by atoms with Crippen molar-refractivity contribution in [2.24, 2.45) is 5.92 Å². The van der Waals surface area contributed by atoms with E-state index < -0.39 is 0 Å². The first-order valence-electron chi connectivity index (χ1n) is 10.1. The second-order valence-corrected chi connectivity index (χ2v) is 6.39. The lowest BCUT2D eigenvalue weighted by Crippen LogP contribution is -2.14. The van der Waals surface area contributed by atoms with Crippen molar-refractivity contribution >= 4 is 5.97 Å². The molecule has 25 heavy (non-hydrogen) atoms. The number of carbonyl (C=O) groups excluding carboxylic acids is 1. The van der Waals surface area contributed by atoms with E-state index in [4.69, 9.17) is 18.9 Å². The summed E-state index contributed by atoms with van der Waals surface area (Å²) in [5.41, 5.74) is 0. The van der Waals surface area contributed by atoms with Gasteiger partial charge in [0.1, 0.15) is 0 Å². The molecule has 0 aliphatic carbocycles. The van der Waals surface area contributed by atoms with Gasteiger partial charge >= 0.3 is 5.97 Å². The first kappa shape index (κ1) is 24.4. The largest absolute Gasteiger partial charge is 0.466 e. The molecule has 0 saturated carbocycles. The van der Waals surface area contributed by atoms with E-state index in [-0.39, 0.29) is 5.97 Å². The Bertz CT molecular complexity index is 283. The van der Waals surface area contributed by atoms with Gasteiger partial charge in [0.05, 0.1) is 33.0 Å². The molecule has 0 N–H and O–H groups in total. The Morgan fingerprint density at radius 1 is 0.760 bits per heavy atom. The molecule has 150 valence electrons. The van der Waals surface area contributed by atoms with E-state index in [0.29, 0.717) is 58.4 Å². The standard InChI is InChI=1S/C20H40O5/c1-4-7-10-19(6-3)18-24-17-16-23-15-14-22-12-9-11-20(21)25-13-8-5-2/h19H,4-18H2,1-3H3. The number of rotatable bonds is 19. The maximum atomic E-state index is 11.4. The van der Waals surface area contributed by atoms with Gasteiger partial charge in [0, 0.05) is 19.6 Å². The van der Waals surface area contributed by atoms with Gasteiger partial charge in [0.15, 0.2) is 0 Å². The minimum Gasteiger partial charge on any atom is -0.466 e. The summed E-state index contributed by atoms with van der Waals surface area (Å²) in [7, 11) is 0. The highest BCUT2D eigenvalue weighted by Crippen LogP contribution is 2.12. The molecule has 0 spiro atoms. The van der Waals surface area contributed by atoms with E-state index in [2.05, 4.69) is 20.8 Å². The molecule has 0 aromatic rings. The Balaban J connectivity index is 3.24. The lowest BCUT2D eigenvalue weighted by molar-refractivity contribution is -0.144. The van der Waals surface area contributed by atoms with Crippen LogP contribution in [0.25, 0.3) is 0 Å². The van der Waals surface area contributed by atoms with Crippen LogP contribution < -0.4 is 0 Å². The van der Waals surface area contributed by atoms with Crippen molar-refractivity contribution in [2.75, 3.05) is 46.2 Å². The van der Waals surface area contributed by atoms with Crippen LogP contribution in [0.1, 0.15) is 72.1 Å². The first-order chi connectivity index (χ1) is 12.2. The zero-order chi connectivity index (χ0) is 18.6. The van der Waals surface area contributed by atoms with Crippen LogP contribution in [0.4, 0.5) is 0 Å². The third-order valence-corrected chi connectivity index (χ3v) is 4.07. The van der Waals surface area contributed by atoms with E-state index in [0.717, 1.165) is 19.4 Å². The molecule has 0 aromatic heterocycles. The molecule has 0 aromatic carbocycles. The molecule has 0 amide bonds. The quantitative estimate of drug-likeness (QED) is 0.253. The average molecular weight is 361 g/mol. The molecule has 5 heteroatoms. The van der Waals surface area contributed by atoms with Crippen molar-refractivity contribution in [2.45, 2.75) is 72.1 Å². The number of esters is 1. The molecule has 0 aliphatic heterocycles. The lowest BCUT2D eigenvalue weighted by Gasteiger charge is -2.14. The average Bonchev–Trinajstić information content (AvgIpc) is 2.62. The van der Waals surface area contributed by atoms with Crippen LogP contribution in [-0.2, 0) is 23.7 Å². The van der Waals surface area contributed by atoms with Crippen LogP contribution >= 0.6 is 0 Å². The topological polar surface area (TPSA) is 54.0 Å². The molecule has 0 radical (unpaired) electrons. The fraction of sp³-hybridized carbons (Fsp3) is 0.950. The van der Waals surface area contributed by atoms with Gasteiger partial charge in [0.25, 0.3) is 0 Å². The van der Waals surface area contributed by atoms with E-state index in [1.807, 2.05) is 0 Å². The number of hydrogen-bond donors (Lipinski definition) is 0. The fourth-order valence-electron chi connectivity index (χ4n) is 2.31. The van der Waals surface area contributed by atoms with Crippen molar-refractivity contribution in [3.63, 3.8) is 0 Å². The smallest absolute Gasteiger partial charge is 0.305 e. The number of unbranched alkanes of at least 4 members (excludes halogenated alkanes) is 2. The molecule has 1 atom stereocenters. The number of ether oxygens (including phenoxy) is 4. The van der Waals surface area contributed by atoms with Gasteiger partial charge in [-0.2, -0.15) is 0 Å². The minimum absolute atomic E-state index is 0.130. The molecule has 1 unspecified atom stereocenters. The Labute approximate surface area is 154 Å². The third-order valence-electron chi connectivity index (χ3n) is 4.07. The van der Waals surface area contributed by atoms with Gasteiger partial charge < -0.3 is 18.9 Å². The molecule has 0 fully saturated rings. The predicted molar refractivity (Wildman–Crippen MR) is 101 cm³/mol. The predicted octanol–water partition coefficient (Wildman–Crippen LogP) is 4.38. The van der Waals surface area contributed by atoms with Crippen molar-refractivity contribution in [3.8, 4) is 0 Å². The second-order valence-electron chi connectivity index (χ2n) is 6.39. The van der Waals surface area contributed by atoms with Crippen LogP contribution in [-0.4, -0.2) is 52.2 Å². The Morgan fingerprint density at radius 2 is 1.40 bits per heavy atom. The third kappa shape index (κ3) is 18.0. The Morgan fingerprint density at radius 3 is 2.04 bits per heavy atom. The molecular formula is C20H40O5. The van der Waals surface area contributed by atoms with Gasteiger partial charge in [-0.3, -0.25) is 4.79 Å². The van der Waals surface area contributed by atoms with Crippen LogP contribution in [0.5, 0.6) is 0 Å². The summed E-state index contributed by atoms with van der Waals surface area (Å²) in [5, 5.41) is 0. The Hall–Kier alpha value is -0.650. The molecule has 0 rings (SSSR count). The lowest BCUT2D eigenvalue weighted by atomic mass is 10.0. The highest BCUT2D eigenvalue weighted by molar-refractivity contribution is 5.69. The monoisotopic (exact) mass is 360 g/mol. The van der Waals surface area contributed by atoms with Crippen LogP contribution in [0.2, 0.25) is 0 Å². The maximum absolute atomic E-state index is 11.4. The van der Waals surface area contributed by atoms with Gasteiger partial charge in [-0.25, -0.2) is 0 Å². The normalized spacial score (nSPS) is 12.3. The Kier molecular flexibility index (Phi) is 19.2. The van der Waals surface area contributed by atoms with Gasteiger partial charge in [-0.1, -0.05) is 46.5 Å². The highest BCUT2D eigenvalue weighted by Gasteiger charge is 2.05. The summed E-state index contributed by atoms with van der Waals surface area (Å²) in [6.07, 6.45) is 8.07. The molecule has 0 aliphatic rings. The van der Waals surface area contributed by atoms with Gasteiger partial charge in [-0.15, -0.1) is 0 Å². The summed E-state index contributed by atoms with van der Waals surface area (Å²) in [5.74, 6) is 0.548. The minimum atomic E-state index is -0.130. The van der Waals surface area contributed by atoms with E-state index in [9.17, 15) is 4.79 Å². The van der Waals surface area contributed by atoms with Crippen LogP contribution in [0, 0.1) is 5.92 Å². The molecular weight excluding hydrogens is 320 g/mol. The van der Waals surface area contributed by atoms with Crippen molar-refractivity contribution in [3.05, 3.63) is 0 Å².